The second-order valence-electron chi connectivity index (χ2n) is 3.52. The normalized spacial score (nSPS) is 20.0. The Morgan fingerprint density at radius 1 is 1.50 bits per heavy atom. The number of amides is 1. The highest BCUT2D eigenvalue weighted by atomic mass is 19.3. The van der Waals surface area contributed by atoms with Crippen molar-refractivity contribution in [2.24, 2.45) is 0 Å². The average molecular weight is 206 g/mol. The van der Waals surface area contributed by atoms with E-state index in [1.807, 2.05) is 0 Å². The van der Waals surface area contributed by atoms with E-state index in [0.717, 1.165) is 32.5 Å². The molecule has 3 nitrogen and oxygen atoms in total. The molecule has 5 heteroatoms. The Bertz CT molecular complexity index is 191. The minimum atomic E-state index is -2.89. The molecule has 0 aromatic heterocycles. The first-order valence-electron chi connectivity index (χ1n) is 4.94. The lowest BCUT2D eigenvalue weighted by molar-refractivity contribution is -0.132. The van der Waals surface area contributed by atoms with E-state index in [9.17, 15) is 13.6 Å². The number of nitrogens with zero attached hydrogens (tertiary/aromatic N) is 1. The lowest BCUT2D eigenvalue weighted by atomic mass is 10.1. The standard InChI is InChI=1S/C9H16F2N2O/c1-2-13-5-3-7(4-6-13)12-9(14)8(10)11/h7-8H,2-6H2,1H3,(H,12,14). The second kappa shape index (κ2) is 5.24. The summed E-state index contributed by atoms with van der Waals surface area (Å²) in [5.41, 5.74) is 0. The first-order chi connectivity index (χ1) is 6.63. The number of hydrogen-bond donors (Lipinski definition) is 1. The second-order valence-corrected chi connectivity index (χ2v) is 3.52. The molecule has 1 saturated heterocycles. The van der Waals surface area contributed by atoms with Gasteiger partial charge in [0.15, 0.2) is 0 Å². The van der Waals surface area contributed by atoms with Crippen LogP contribution in [0.2, 0.25) is 0 Å². The van der Waals surface area contributed by atoms with Gasteiger partial charge < -0.3 is 10.2 Å². The number of halogens is 2. The van der Waals surface area contributed by atoms with E-state index in [1.54, 1.807) is 0 Å². The van der Waals surface area contributed by atoms with E-state index in [0.29, 0.717) is 0 Å². The smallest absolute Gasteiger partial charge is 0.315 e. The summed E-state index contributed by atoms with van der Waals surface area (Å²) in [7, 11) is 0. The SMILES string of the molecule is CCN1CCC(NC(=O)C(F)F)CC1. The Morgan fingerprint density at radius 2 is 2.07 bits per heavy atom. The third-order valence-electron chi connectivity index (χ3n) is 2.58. The van der Waals surface area contributed by atoms with E-state index in [2.05, 4.69) is 17.1 Å². The van der Waals surface area contributed by atoms with Crippen LogP contribution in [0, 0.1) is 0 Å². The zero-order chi connectivity index (χ0) is 10.6. The quantitative estimate of drug-likeness (QED) is 0.742. The van der Waals surface area contributed by atoms with Crippen LogP contribution >= 0.6 is 0 Å². The minimum Gasteiger partial charge on any atom is -0.348 e. The molecule has 1 aliphatic rings. The van der Waals surface area contributed by atoms with Crippen molar-refractivity contribution in [3.63, 3.8) is 0 Å². The van der Waals surface area contributed by atoms with Gasteiger partial charge in [-0.25, -0.2) is 0 Å². The van der Waals surface area contributed by atoms with Gasteiger partial charge in [-0.2, -0.15) is 8.78 Å². The van der Waals surface area contributed by atoms with E-state index in [-0.39, 0.29) is 6.04 Å². The van der Waals surface area contributed by atoms with E-state index in [1.165, 1.54) is 0 Å². The highest BCUT2D eigenvalue weighted by Gasteiger charge is 2.23. The predicted molar refractivity (Wildman–Crippen MR) is 49.3 cm³/mol. The van der Waals surface area contributed by atoms with Gasteiger partial charge in [0, 0.05) is 19.1 Å². The highest BCUT2D eigenvalue weighted by Crippen LogP contribution is 2.10. The Hall–Kier alpha value is -0.710. The van der Waals surface area contributed by atoms with Crippen LogP contribution in [0.1, 0.15) is 19.8 Å². The first-order valence-corrected chi connectivity index (χ1v) is 4.94. The molecule has 0 saturated carbocycles. The molecule has 1 amide bonds. The molecule has 1 fully saturated rings. The van der Waals surface area contributed by atoms with Crippen LogP contribution in [0.25, 0.3) is 0 Å². The van der Waals surface area contributed by atoms with Crippen molar-refractivity contribution in [3.8, 4) is 0 Å². The Labute approximate surface area is 82.5 Å². The molecule has 0 bridgehead atoms. The minimum absolute atomic E-state index is 0.0701. The molecule has 1 rings (SSSR count). The van der Waals surface area contributed by atoms with Crippen LogP contribution in [0.4, 0.5) is 8.78 Å². The molecule has 1 aliphatic heterocycles. The van der Waals surface area contributed by atoms with Crippen LogP contribution < -0.4 is 5.32 Å². The van der Waals surface area contributed by atoms with E-state index in [4.69, 9.17) is 0 Å². The van der Waals surface area contributed by atoms with Crippen LogP contribution in [-0.2, 0) is 4.79 Å². The lowest BCUT2D eigenvalue weighted by Gasteiger charge is -2.31. The Balaban J connectivity index is 2.25. The highest BCUT2D eigenvalue weighted by molar-refractivity contribution is 5.79. The molecule has 0 unspecified atom stereocenters. The molecule has 1 N–H and O–H groups in total. The fourth-order valence-electron chi connectivity index (χ4n) is 1.66. The summed E-state index contributed by atoms with van der Waals surface area (Å²) in [6.45, 7) is 4.81. The molecule has 0 aromatic carbocycles. The average Bonchev–Trinajstić information content (AvgIpc) is 2.19. The molecule has 0 radical (unpaired) electrons. The van der Waals surface area contributed by atoms with Crippen LogP contribution in [0.3, 0.4) is 0 Å². The lowest BCUT2D eigenvalue weighted by Crippen LogP contribution is -2.46. The maximum absolute atomic E-state index is 11.9. The van der Waals surface area contributed by atoms with Gasteiger partial charge in [0.25, 0.3) is 5.91 Å². The number of carbonyl (C=O) groups excluding carboxylic acids is 1. The topological polar surface area (TPSA) is 32.3 Å². The summed E-state index contributed by atoms with van der Waals surface area (Å²) >= 11 is 0. The zero-order valence-electron chi connectivity index (χ0n) is 8.30. The third-order valence-corrected chi connectivity index (χ3v) is 2.58. The number of piperidine rings is 1. The van der Waals surface area contributed by atoms with Crippen molar-refractivity contribution < 1.29 is 13.6 Å². The fraction of sp³-hybridized carbons (Fsp3) is 0.889. The number of hydrogen-bond acceptors (Lipinski definition) is 2. The summed E-state index contributed by atoms with van der Waals surface area (Å²) in [6.07, 6.45) is -1.35. The molecule has 14 heavy (non-hydrogen) atoms. The van der Waals surface area contributed by atoms with Gasteiger partial charge in [0.05, 0.1) is 0 Å². The van der Waals surface area contributed by atoms with Gasteiger partial charge >= 0.3 is 6.43 Å². The monoisotopic (exact) mass is 206 g/mol. The van der Waals surface area contributed by atoms with Gasteiger partial charge in [-0.05, 0) is 19.4 Å². The Kier molecular flexibility index (Phi) is 4.25. The van der Waals surface area contributed by atoms with Gasteiger partial charge in [-0.3, -0.25) is 4.79 Å². The van der Waals surface area contributed by atoms with Gasteiger partial charge in [0.2, 0.25) is 0 Å². The van der Waals surface area contributed by atoms with Gasteiger partial charge in [0.1, 0.15) is 0 Å². The van der Waals surface area contributed by atoms with Crippen LogP contribution in [-0.4, -0.2) is 42.9 Å². The van der Waals surface area contributed by atoms with Crippen LogP contribution in [0.5, 0.6) is 0 Å². The Morgan fingerprint density at radius 3 is 2.50 bits per heavy atom. The number of alkyl halides is 2. The molecular formula is C9H16F2N2O. The fourth-order valence-corrected chi connectivity index (χ4v) is 1.66. The van der Waals surface area contributed by atoms with Crippen molar-refractivity contribution in [2.75, 3.05) is 19.6 Å². The summed E-state index contributed by atoms with van der Waals surface area (Å²) < 4.78 is 23.8. The van der Waals surface area contributed by atoms with Crippen molar-refractivity contribution in [1.82, 2.24) is 10.2 Å². The molecule has 82 valence electrons. The molecule has 0 aromatic rings. The molecule has 1 heterocycles. The largest absolute Gasteiger partial charge is 0.348 e. The maximum Gasteiger partial charge on any atom is 0.315 e. The maximum atomic E-state index is 11.9. The number of carbonyl (C=O) groups is 1. The summed E-state index contributed by atoms with van der Waals surface area (Å²) in [5, 5.41) is 2.35. The van der Waals surface area contributed by atoms with Crippen molar-refractivity contribution >= 4 is 5.91 Å². The van der Waals surface area contributed by atoms with Gasteiger partial charge in [-0.1, -0.05) is 6.92 Å². The molecular weight excluding hydrogens is 190 g/mol. The van der Waals surface area contributed by atoms with E-state index < -0.39 is 12.3 Å². The van der Waals surface area contributed by atoms with Crippen LogP contribution in [0.15, 0.2) is 0 Å². The zero-order valence-corrected chi connectivity index (χ0v) is 8.30. The molecule has 0 spiro atoms. The number of likely N-dealkylation sites (tertiary alicyclic amines) is 1. The van der Waals surface area contributed by atoms with Crippen molar-refractivity contribution in [2.45, 2.75) is 32.2 Å². The third kappa shape index (κ3) is 3.21. The molecule has 0 aliphatic carbocycles. The van der Waals surface area contributed by atoms with E-state index >= 15 is 0 Å². The molecule has 0 atom stereocenters. The first kappa shape index (κ1) is 11.4. The van der Waals surface area contributed by atoms with Crippen molar-refractivity contribution in [1.29, 1.82) is 0 Å². The summed E-state index contributed by atoms with van der Waals surface area (Å²) in [4.78, 5) is 12.9. The van der Waals surface area contributed by atoms with Crippen molar-refractivity contribution in [3.05, 3.63) is 0 Å². The predicted octanol–water partition coefficient (Wildman–Crippen LogP) is 0.852. The summed E-state index contributed by atoms with van der Waals surface area (Å²) in [5.74, 6) is -1.14. The number of nitrogens with one attached hydrogen (secondary N) is 1. The number of rotatable bonds is 3. The van der Waals surface area contributed by atoms with Gasteiger partial charge in [-0.15, -0.1) is 0 Å². The summed E-state index contributed by atoms with van der Waals surface area (Å²) in [6, 6.07) is -0.0701.